The van der Waals surface area contributed by atoms with E-state index in [-0.39, 0.29) is 0 Å². The van der Waals surface area contributed by atoms with Gasteiger partial charge in [0.15, 0.2) is 0 Å². The van der Waals surface area contributed by atoms with Gasteiger partial charge in [-0.2, -0.15) is 0 Å². The van der Waals surface area contributed by atoms with Gasteiger partial charge < -0.3 is 14.6 Å². The van der Waals surface area contributed by atoms with Crippen LogP contribution in [0.15, 0.2) is 156 Å². The Kier molecular flexibility index (Phi) is 5.86. The van der Waals surface area contributed by atoms with Gasteiger partial charge in [-0.05, 0) is 70.3 Å². The van der Waals surface area contributed by atoms with Crippen LogP contribution in [0.4, 0.5) is 17.1 Å². The van der Waals surface area contributed by atoms with E-state index in [4.69, 9.17) is 4.42 Å². The monoisotopic (exact) mass is 540 g/mol. The molecule has 1 aromatic heterocycles. The number of hydrogen-bond acceptors (Lipinski definition) is 3. The van der Waals surface area contributed by atoms with Crippen LogP contribution in [0.2, 0.25) is 0 Å². The molecule has 3 nitrogen and oxygen atoms in total. The van der Waals surface area contributed by atoms with Gasteiger partial charge in [-0.1, -0.05) is 103 Å². The van der Waals surface area contributed by atoms with E-state index in [1.165, 1.54) is 33.0 Å². The first-order chi connectivity index (χ1) is 20.8. The number of rotatable bonds is 5. The van der Waals surface area contributed by atoms with Gasteiger partial charge in [-0.15, -0.1) is 0 Å². The van der Waals surface area contributed by atoms with Crippen LogP contribution in [0.25, 0.3) is 49.4 Å². The van der Waals surface area contributed by atoms with E-state index in [9.17, 15) is 0 Å². The second-order valence-corrected chi connectivity index (χ2v) is 10.6. The van der Waals surface area contributed by atoms with Crippen molar-refractivity contribution >= 4 is 55.3 Å². The SMILES string of the molecule is C1=CNCC(c2cccc3oc4cc(N(c5ccccc5)c5ccc(-c6ccccc6)cc5)c5ccccc5c4c23)=C1. The molecule has 8 rings (SSSR count). The van der Waals surface area contributed by atoms with Gasteiger partial charge >= 0.3 is 0 Å². The summed E-state index contributed by atoms with van der Waals surface area (Å²) in [5.74, 6) is 0. The molecule has 0 bridgehead atoms. The Morgan fingerprint density at radius 1 is 0.571 bits per heavy atom. The van der Waals surface area contributed by atoms with Crippen molar-refractivity contribution in [2.75, 3.05) is 11.4 Å². The van der Waals surface area contributed by atoms with E-state index in [0.29, 0.717) is 0 Å². The molecule has 0 atom stereocenters. The van der Waals surface area contributed by atoms with Gasteiger partial charge in [-0.3, -0.25) is 0 Å². The van der Waals surface area contributed by atoms with Crippen LogP contribution in [-0.4, -0.2) is 6.54 Å². The van der Waals surface area contributed by atoms with E-state index < -0.39 is 0 Å². The first kappa shape index (κ1) is 24.3. The molecule has 0 saturated heterocycles. The Labute approximate surface area is 244 Å². The molecule has 200 valence electrons. The molecular weight excluding hydrogens is 512 g/mol. The molecule has 1 aliphatic heterocycles. The van der Waals surface area contributed by atoms with Crippen molar-refractivity contribution in [3.63, 3.8) is 0 Å². The highest BCUT2D eigenvalue weighted by Crippen LogP contribution is 2.46. The van der Waals surface area contributed by atoms with Gasteiger partial charge in [-0.25, -0.2) is 0 Å². The summed E-state index contributed by atoms with van der Waals surface area (Å²) in [6, 6.07) is 47.2. The lowest BCUT2D eigenvalue weighted by Crippen LogP contribution is -2.11. The molecule has 0 spiro atoms. The van der Waals surface area contributed by atoms with Crippen LogP contribution in [-0.2, 0) is 0 Å². The Hall–Kier alpha value is -5.54. The quantitative estimate of drug-likeness (QED) is 0.235. The summed E-state index contributed by atoms with van der Waals surface area (Å²) in [5, 5.41) is 8.04. The summed E-state index contributed by atoms with van der Waals surface area (Å²) in [4.78, 5) is 2.34. The highest BCUT2D eigenvalue weighted by molar-refractivity contribution is 6.24. The predicted molar refractivity (Wildman–Crippen MR) is 176 cm³/mol. The molecule has 0 unspecified atom stereocenters. The molecule has 0 aliphatic carbocycles. The summed E-state index contributed by atoms with van der Waals surface area (Å²) in [7, 11) is 0. The van der Waals surface area contributed by atoms with Gasteiger partial charge in [0, 0.05) is 40.1 Å². The fraction of sp³-hybridized carbons (Fsp3) is 0.0256. The third-order valence-corrected chi connectivity index (χ3v) is 8.12. The van der Waals surface area contributed by atoms with E-state index >= 15 is 0 Å². The fourth-order valence-corrected chi connectivity index (χ4v) is 6.20. The van der Waals surface area contributed by atoms with Crippen molar-refractivity contribution in [3.05, 3.63) is 157 Å². The molecule has 2 heterocycles. The number of anilines is 3. The Balaban J connectivity index is 1.38. The van der Waals surface area contributed by atoms with Crippen LogP contribution in [0, 0.1) is 0 Å². The molecule has 0 saturated carbocycles. The maximum atomic E-state index is 6.64. The van der Waals surface area contributed by atoms with Gasteiger partial charge in [0.25, 0.3) is 0 Å². The number of para-hydroxylation sites is 1. The third kappa shape index (κ3) is 4.06. The molecule has 0 fully saturated rings. The van der Waals surface area contributed by atoms with Crippen molar-refractivity contribution in [2.24, 2.45) is 0 Å². The molecule has 6 aromatic carbocycles. The zero-order chi connectivity index (χ0) is 27.9. The number of benzene rings is 6. The first-order valence-corrected chi connectivity index (χ1v) is 14.3. The lowest BCUT2D eigenvalue weighted by Gasteiger charge is -2.27. The minimum absolute atomic E-state index is 0.791. The van der Waals surface area contributed by atoms with E-state index in [1.54, 1.807) is 0 Å². The smallest absolute Gasteiger partial charge is 0.138 e. The number of hydrogen-bond donors (Lipinski definition) is 1. The van der Waals surface area contributed by atoms with Crippen molar-refractivity contribution in [1.29, 1.82) is 0 Å². The highest BCUT2D eigenvalue weighted by atomic mass is 16.3. The second kappa shape index (κ2) is 10.1. The van der Waals surface area contributed by atoms with Crippen LogP contribution in [0.5, 0.6) is 0 Å². The van der Waals surface area contributed by atoms with Crippen molar-refractivity contribution in [1.82, 2.24) is 5.32 Å². The minimum Gasteiger partial charge on any atom is -0.456 e. The zero-order valence-corrected chi connectivity index (χ0v) is 23.0. The summed E-state index contributed by atoms with van der Waals surface area (Å²) in [6.07, 6.45) is 6.25. The number of allylic oxidation sites excluding steroid dienone is 2. The lowest BCUT2D eigenvalue weighted by molar-refractivity contribution is 0.669. The van der Waals surface area contributed by atoms with Crippen molar-refractivity contribution in [3.8, 4) is 11.1 Å². The minimum atomic E-state index is 0.791. The first-order valence-electron chi connectivity index (χ1n) is 14.3. The lowest BCUT2D eigenvalue weighted by atomic mass is 9.95. The molecule has 1 N–H and O–H groups in total. The van der Waals surface area contributed by atoms with Crippen LogP contribution in [0.3, 0.4) is 0 Å². The number of nitrogens with one attached hydrogen (secondary N) is 1. The maximum Gasteiger partial charge on any atom is 0.138 e. The molecule has 7 aromatic rings. The van der Waals surface area contributed by atoms with Crippen LogP contribution >= 0.6 is 0 Å². The summed E-state index contributed by atoms with van der Waals surface area (Å²) >= 11 is 0. The summed E-state index contributed by atoms with van der Waals surface area (Å²) in [5.41, 5.74) is 9.91. The summed E-state index contributed by atoms with van der Waals surface area (Å²) in [6.45, 7) is 0.791. The van der Waals surface area contributed by atoms with Gasteiger partial charge in [0.2, 0.25) is 0 Å². The molecule has 0 amide bonds. The number of furan rings is 1. The number of dihydropyridines is 1. The predicted octanol–water partition coefficient (Wildman–Crippen LogP) is 10.4. The average molecular weight is 541 g/mol. The van der Waals surface area contributed by atoms with Crippen molar-refractivity contribution in [2.45, 2.75) is 0 Å². The van der Waals surface area contributed by atoms with E-state index in [1.807, 2.05) is 6.20 Å². The number of nitrogens with zero attached hydrogens (tertiary/aromatic N) is 1. The number of fused-ring (bicyclic) bond motifs is 5. The highest BCUT2D eigenvalue weighted by Gasteiger charge is 2.22. The van der Waals surface area contributed by atoms with Gasteiger partial charge in [0.05, 0.1) is 5.69 Å². The fourth-order valence-electron chi connectivity index (χ4n) is 6.20. The third-order valence-electron chi connectivity index (χ3n) is 8.12. The summed E-state index contributed by atoms with van der Waals surface area (Å²) < 4.78 is 6.64. The average Bonchev–Trinajstić information content (AvgIpc) is 3.45. The Bertz CT molecular complexity index is 2120. The maximum absolute atomic E-state index is 6.64. The molecular formula is C39H28N2O. The topological polar surface area (TPSA) is 28.4 Å². The molecule has 3 heteroatoms. The molecule has 42 heavy (non-hydrogen) atoms. The Morgan fingerprint density at radius 2 is 1.26 bits per heavy atom. The second-order valence-electron chi connectivity index (χ2n) is 10.6. The standard InChI is InChI=1S/C39H28N2O/c1-3-11-27(12-4-1)28-20-22-31(23-21-28)41(30-14-5-2-6-15-30)35-25-37-39(34-17-8-7-16-33(34)35)38-32(18-9-19-36(38)42-37)29-13-10-24-40-26-29/h1-25,40H,26H2. The molecule has 0 radical (unpaired) electrons. The largest absolute Gasteiger partial charge is 0.456 e. The van der Waals surface area contributed by atoms with Crippen molar-refractivity contribution < 1.29 is 4.42 Å². The Morgan fingerprint density at radius 3 is 2.02 bits per heavy atom. The van der Waals surface area contributed by atoms with Gasteiger partial charge in [0.1, 0.15) is 11.2 Å². The van der Waals surface area contributed by atoms with Crippen LogP contribution < -0.4 is 10.2 Å². The van der Waals surface area contributed by atoms with Crippen LogP contribution in [0.1, 0.15) is 5.56 Å². The van der Waals surface area contributed by atoms with E-state index in [2.05, 4.69) is 156 Å². The zero-order valence-electron chi connectivity index (χ0n) is 23.0. The van der Waals surface area contributed by atoms with E-state index in [0.717, 1.165) is 45.5 Å². The normalized spacial score (nSPS) is 12.9. The molecule has 1 aliphatic rings.